The molecule has 152 valence electrons. The first-order valence-corrected chi connectivity index (χ1v) is 10.1. The number of fused-ring (bicyclic) bond motifs is 5. The first-order chi connectivity index (χ1) is 13.1. The average molecular weight is 390 g/mol. The molecule has 0 amide bonds. The van der Waals surface area contributed by atoms with E-state index in [-0.39, 0.29) is 40.4 Å². The zero-order chi connectivity index (χ0) is 20.4. The second kappa shape index (κ2) is 6.26. The number of Topliss-reactive ketones (excluding diaryl/α,β-unsaturated/α-hetero) is 1. The van der Waals surface area contributed by atoms with E-state index in [2.05, 4.69) is 6.92 Å². The van der Waals surface area contributed by atoms with Gasteiger partial charge in [0.2, 0.25) is 0 Å². The minimum absolute atomic E-state index is 0.00751. The third-order valence-electron chi connectivity index (χ3n) is 8.02. The van der Waals surface area contributed by atoms with Crippen LogP contribution in [0.1, 0.15) is 53.4 Å². The van der Waals surface area contributed by atoms with Crippen LogP contribution in [-0.2, 0) is 23.9 Å². The molecule has 0 aromatic heterocycles. The highest BCUT2D eigenvalue weighted by molar-refractivity contribution is 5.86. The number of halogens is 1. The van der Waals surface area contributed by atoms with E-state index in [9.17, 15) is 14.4 Å². The van der Waals surface area contributed by atoms with Crippen LogP contribution in [0.15, 0.2) is 23.6 Å². The number of allylic oxidation sites excluding steroid dienone is 2. The van der Waals surface area contributed by atoms with Gasteiger partial charge in [0.15, 0.2) is 0 Å². The topological polar surface area (TPSA) is 69.7 Å². The lowest BCUT2D eigenvalue weighted by Gasteiger charge is -2.56. The Kier molecular flexibility index (Phi) is 4.32. The van der Waals surface area contributed by atoms with E-state index in [1.807, 2.05) is 6.92 Å². The lowest BCUT2D eigenvalue weighted by molar-refractivity contribution is -0.220. The largest absolute Gasteiger partial charge is 0.424 e. The van der Waals surface area contributed by atoms with E-state index < -0.39 is 29.5 Å². The summed E-state index contributed by atoms with van der Waals surface area (Å²) in [7, 11) is 0. The monoisotopic (exact) mass is 390 g/mol. The highest BCUT2D eigenvalue weighted by Gasteiger charge is 2.63. The Hall–Kier alpha value is -1.98. The molecule has 1 unspecified atom stereocenters. The van der Waals surface area contributed by atoms with Crippen LogP contribution in [0.5, 0.6) is 0 Å². The summed E-state index contributed by atoms with van der Waals surface area (Å²) in [6.45, 7) is 6.91. The van der Waals surface area contributed by atoms with Crippen LogP contribution >= 0.6 is 0 Å². The van der Waals surface area contributed by atoms with Crippen LogP contribution in [0.2, 0.25) is 0 Å². The second-order valence-corrected chi connectivity index (χ2v) is 9.31. The summed E-state index contributed by atoms with van der Waals surface area (Å²) in [6, 6.07) is 0. The number of ketones is 1. The molecule has 2 fully saturated rings. The second-order valence-electron chi connectivity index (χ2n) is 9.31. The summed E-state index contributed by atoms with van der Waals surface area (Å²) in [4.78, 5) is 35.9. The fraction of sp³-hybridized carbons (Fsp3) is 0.682. The van der Waals surface area contributed by atoms with E-state index in [0.717, 1.165) is 25.7 Å². The third kappa shape index (κ3) is 2.52. The Morgan fingerprint density at radius 2 is 1.89 bits per heavy atom. The van der Waals surface area contributed by atoms with Crippen molar-refractivity contribution in [1.29, 1.82) is 0 Å². The van der Waals surface area contributed by atoms with Crippen LogP contribution in [0.3, 0.4) is 0 Å². The molecule has 1 aliphatic heterocycles. The Bertz CT molecular complexity index is 814. The lowest BCUT2D eigenvalue weighted by atomic mass is 9.49. The van der Waals surface area contributed by atoms with Gasteiger partial charge in [-0.2, -0.15) is 0 Å². The van der Waals surface area contributed by atoms with Gasteiger partial charge in [0.25, 0.3) is 6.29 Å². The summed E-state index contributed by atoms with van der Waals surface area (Å²) in [6.07, 6.45) is 5.01. The molecule has 7 atom stereocenters. The van der Waals surface area contributed by atoms with E-state index in [4.69, 9.17) is 9.47 Å². The Morgan fingerprint density at radius 3 is 2.54 bits per heavy atom. The Balaban J connectivity index is 1.79. The average Bonchev–Trinajstić information content (AvgIpc) is 2.94. The Labute approximate surface area is 164 Å². The van der Waals surface area contributed by atoms with Crippen LogP contribution in [0.4, 0.5) is 4.39 Å². The van der Waals surface area contributed by atoms with Crippen molar-refractivity contribution in [2.45, 2.75) is 59.7 Å². The summed E-state index contributed by atoms with van der Waals surface area (Å²) < 4.78 is 25.9. The van der Waals surface area contributed by atoms with Crippen molar-refractivity contribution >= 4 is 17.7 Å². The predicted molar refractivity (Wildman–Crippen MR) is 98.2 cm³/mol. The van der Waals surface area contributed by atoms with Gasteiger partial charge in [-0.3, -0.25) is 9.59 Å². The molecule has 0 aromatic rings. The predicted octanol–water partition coefficient (Wildman–Crippen LogP) is 3.88. The van der Waals surface area contributed by atoms with Crippen molar-refractivity contribution in [2.24, 2.45) is 34.5 Å². The molecular weight excluding hydrogens is 363 g/mol. The lowest BCUT2D eigenvalue weighted by Crippen LogP contribution is -2.56. The van der Waals surface area contributed by atoms with Gasteiger partial charge in [-0.25, -0.2) is 9.18 Å². The zero-order valence-corrected chi connectivity index (χ0v) is 16.8. The molecule has 0 saturated heterocycles. The maximum atomic E-state index is 15.2. The highest BCUT2D eigenvalue weighted by Crippen LogP contribution is 2.66. The summed E-state index contributed by atoms with van der Waals surface area (Å²) in [5.41, 5.74) is -0.816. The maximum absolute atomic E-state index is 15.2. The van der Waals surface area contributed by atoms with E-state index in [0.29, 0.717) is 0 Å². The van der Waals surface area contributed by atoms with E-state index in [1.54, 1.807) is 13.0 Å². The molecule has 28 heavy (non-hydrogen) atoms. The zero-order valence-electron chi connectivity index (χ0n) is 16.8. The quantitative estimate of drug-likeness (QED) is 0.669. The van der Waals surface area contributed by atoms with Gasteiger partial charge in [0.1, 0.15) is 11.6 Å². The third-order valence-corrected chi connectivity index (χ3v) is 8.02. The summed E-state index contributed by atoms with van der Waals surface area (Å²) in [5, 5.41) is 0. The number of carbonyl (C=O) groups excluding carboxylic acids is 3. The van der Waals surface area contributed by atoms with Gasteiger partial charge in [-0.1, -0.05) is 6.92 Å². The fourth-order valence-corrected chi connectivity index (χ4v) is 6.71. The van der Waals surface area contributed by atoms with E-state index in [1.165, 1.54) is 13.0 Å². The minimum Gasteiger partial charge on any atom is -0.424 e. The molecule has 0 spiro atoms. The van der Waals surface area contributed by atoms with Crippen molar-refractivity contribution in [2.75, 3.05) is 0 Å². The molecule has 5 nitrogen and oxygen atoms in total. The van der Waals surface area contributed by atoms with Crippen LogP contribution < -0.4 is 0 Å². The van der Waals surface area contributed by atoms with Crippen molar-refractivity contribution in [1.82, 2.24) is 0 Å². The number of hydrogen-bond donors (Lipinski definition) is 0. The van der Waals surface area contributed by atoms with Crippen molar-refractivity contribution in [3.63, 3.8) is 0 Å². The number of esters is 2. The normalized spacial score (nSPS) is 44.3. The molecule has 4 aliphatic rings. The number of rotatable bonds is 2. The first-order valence-electron chi connectivity index (χ1n) is 10.1. The Morgan fingerprint density at radius 1 is 1.18 bits per heavy atom. The smallest absolute Gasteiger partial charge is 0.334 e. The molecule has 0 radical (unpaired) electrons. The van der Waals surface area contributed by atoms with Gasteiger partial charge < -0.3 is 9.47 Å². The molecule has 0 aromatic carbocycles. The summed E-state index contributed by atoms with van der Waals surface area (Å²) >= 11 is 0. The molecule has 6 heteroatoms. The molecule has 0 N–H and O–H groups in total. The number of hydrogen-bond acceptors (Lipinski definition) is 5. The molecule has 1 heterocycles. The first kappa shape index (κ1) is 19.3. The SMILES string of the molecule is CC(=O)OC1OC(=O)C=C2C(F)=C[C@H]3[C@@H]4CC[C@H](C(C)=O)[C@@]4(C)CC[C@@H]3[C@]21C. The fourth-order valence-electron chi connectivity index (χ4n) is 6.71. The maximum Gasteiger partial charge on any atom is 0.334 e. The highest BCUT2D eigenvalue weighted by atomic mass is 19.1. The molecule has 0 bridgehead atoms. The van der Waals surface area contributed by atoms with Gasteiger partial charge in [0, 0.05) is 24.5 Å². The van der Waals surface area contributed by atoms with Crippen LogP contribution in [0, 0.1) is 34.5 Å². The minimum atomic E-state index is -1.14. The number of ether oxygens (including phenoxy) is 2. The standard InChI is InChI=1S/C22H27FO5/c1-11(24)14-5-6-15-13-9-18(23)17-10-19(26)28-20(27-12(2)25)22(17,4)16(13)7-8-21(14,15)3/h9-10,13-16,20H,5-8H2,1-4H3/t13-,14+,15-,16-,20?,21+,22+/m0/s1. The van der Waals surface area contributed by atoms with Crippen molar-refractivity contribution in [3.8, 4) is 0 Å². The van der Waals surface area contributed by atoms with Gasteiger partial charge in [0.05, 0.1) is 5.41 Å². The van der Waals surface area contributed by atoms with Crippen LogP contribution in [0.25, 0.3) is 0 Å². The number of cyclic esters (lactones) is 1. The summed E-state index contributed by atoms with van der Waals surface area (Å²) in [5.74, 6) is -1.41. The molecular formula is C22H27FO5. The van der Waals surface area contributed by atoms with Crippen molar-refractivity contribution in [3.05, 3.63) is 23.6 Å². The molecule has 4 rings (SSSR count). The van der Waals surface area contributed by atoms with Gasteiger partial charge in [-0.15, -0.1) is 0 Å². The molecule has 3 aliphatic carbocycles. The molecule has 2 saturated carbocycles. The van der Waals surface area contributed by atoms with Crippen LogP contribution in [-0.4, -0.2) is 24.0 Å². The van der Waals surface area contributed by atoms with Crippen molar-refractivity contribution < 1.29 is 28.2 Å². The van der Waals surface area contributed by atoms with Gasteiger partial charge in [-0.05, 0) is 68.8 Å². The number of carbonyl (C=O) groups is 3. The van der Waals surface area contributed by atoms with E-state index >= 15 is 4.39 Å². The van der Waals surface area contributed by atoms with Gasteiger partial charge >= 0.3 is 11.9 Å².